The zero-order chi connectivity index (χ0) is 14.4. The molecule has 2 amide bonds. The number of urea groups is 1. The van der Waals surface area contributed by atoms with E-state index in [9.17, 15) is 9.59 Å². The zero-order valence-corrected chi connectivity index (χ0v) is 12.1. The predicted octanol–water partition coefficient (Wildman–Crippen LogP) is 2.22. The number of carbonyl (C=O) groups is 2. The summed E-state index contributed by atoms with van der Waals surface area (Å²) < 4.78 is 0. The highest BCUT2D eigenvalue weighted by Gasteiger charge is 2.28. The van der Waals surface area contributed by atoms with Gasteiger partial charge >= 0.3 is 12.0 Å². The molecule has 4 atom stereocenters. The highest BCUT2D eigenvalue weighted by molar-refractivity contribution is 5.74. The number of carboxylic acid groups (broad SMARTS) is 1. The third-order valence-electron chi connectivity index (χ3n) is 4.16. The molecule has 19 heavy (non-hydrogen) atoms. The predicted molar refractivity (Wildman–Crippen MR) is 73.9 cm³/mol. The van der Waals surface area contributed by atoms with E-state index in [2.05, 4.69) is 24.5 Å². The summed E-state index contributed by atoms with van der Waals surface area (Å²) in [5, 5.41) is 14.4. The molecule has 4 unspecified atom stereocenters. The van der Waals surface area contributed by atoms with Gasteiger partial charge in [-0.05, 0) is 24.2 Å². The molecule has 110 valence electrons. The second-order valence-corrected chi connectivity index (χ2v) is 5.93. The van der Waals surface area contributed by atoms with Gasteiger partial charge in [-0.25, -0.2) is 4.79 Å². The number of aliphatic carboxylic acids is 1. The number of rotatable bonds is 5. The Balaban J connectivity index is 2.28. The third kappa shape index (κ3) is 5.49. The molecule has 1 rings (SSSR count). The van der Waals surface area contributed by atoms with E-state index < -0.39 is 5.97 Å². The van der Waals surface area contributed by atoms with Crippen LogP contribution >= 0.6 is 0 Å². The third-order valence-corrected chi connectivity index (χ3v) is 4.16. The summed E-state index contributed by atoms with van der Waals surface area (Å²) in [6, 6.07) is 0.0571. The lowest BCUT2D eigenvalue weighted by atomic mass is 9.78. The van der Waals surface area contributed by atoms with Gasteiger partial charge in [0.1, 0.15) is 0 Å². The van der Waals surface area contributed by atoms with Crippen LogP contribution in [0.4, 0.5) is 4.79 Å². The smallest absolute Gasteiger partial charge is 0.315 e. The monoisotopic (exact) mass is 270 g/mol. The fraction of sp³-hybridized carbons (Fsp3) is 0.857. The maximum atomic E-state index is 11.8. The van der Waals surface area contributed by atoms with Gasteiger partial charge in [-0.3, -0.25) is 4.79 Å². The largest absolute Gasteiger partial charge is 0.481 e. The molecule has 0 aromatic rings. The summed E-state index contributed by atoms with van der Waals surface area (Å²) in [4.78, 5) is 22.3. The molecule has 0 radical (unpaired) electrons. The molecule has 3 N–H and O–H groups in total. The SMILES string of the molecule is CC(CNC(=O)NC1CCCC(C)C1C)CC(=O)O. The summed E-state index contributed by atoms with van der Waals surface area (Å²) in [5.74, 6) is 0.260. The number of hydrogen-bond donors (Lipinski definition) is 3. The van der Waals surface area contributed by atoms with Crippen molar-refractivity contribution in [2.45, 2.75) is 52.5 Å². The van der Waals surface area contributed by atoms with E-state index in [0.717, 1.165) is 12.8 Å². The van der Waals surface area contributed by atoms with Crippen LogP contribution in [0.5, 0.6) is 0 Å². The maximum absolute atomic E-state index is 11.8. The first-order valence-corrected chi connectivity index (χ1v) is 7.16. The number of carbonyl (C=O) groups excluding carboxylic acids is 1. The van der Waals surface area contributed by atoms with Gasteiger partial charge in [0.2, 0.25) is 0 Å². The molecular formula is C14H26N2O3. The Morgan fingerprint density at radius 1 is 1.32 bits per heavy atom. The molecule has 0 saturated heterocycles. The first kappa shape index (κ1) is 15.8. The summed E-state index contributed by atoms with van der Waals surface area (Å²) in [6.07, 6.45) is 3.50. The van der Waals surface area contributed by atoms with E-state index in [0.29, 0.717) is 18.4 Å². The zero-order valence-electron chi connectivity index (χ0n) is 12.1. The molecule has 1 aliphatic carbocycles. The first-order chi connectivity index (χ1) is 8.90. The Morgan fingerprint density at radius 3 is 2.63 bits per heavy atom. The van der Waals surface area contributed by atoms with Crippen LogP contribution in [-0.2, 0) is 4.79 Å². The number of hydrogen-bond acceptors (Lipinski definition) is 2. The normalized spacial score (nSPS) is 28.5. The average molecular weight is 270 g/mol. The van der Waals surface area contributed by atoms with E-state index in [1.54, 1.807) is 0 Å². The molecule has 0 spiro atoms. The van der Waals surface area contributed by atoms with Gasteiger partial charge < -0.3 is 15.7 Å². The molecular weight excluding hydrogens is 244 g/mol. The maximum Gasteiger partial charge on any atom is 0.315 e. The molecule has 0 aromatic carbocycles. The molecule has 0 aliphatic heterocycles. The van der Waals surface area contributed by atoms with E-state index in [-0.39, 0.29) is 24.4 Å². The number of nitrogens with one attached hydrogen (secondary N) is 2. The number of amides is 2. The Kier molecular flexibility index (Phi) is 6.12. The van der Waals surface area contributed by atoms with Crippen LogP contribution in [0.2, 0.25) is 0 Å². The minimum Gasteiger partial charge on any atom is -0.481 e. The van der Waals surface area contributed by atoms with E-state index >= 15 is 0 Å². The Bertz CT molecular complexity index is 320. The van der Waals surface area contributed by atoms with Gasteiger partial charge in [0, 0.05) is 19.0 Å². The molecule has 1 saturated carbocycles. The van der Waals surface area contributed by atoms with Crippen molar-refractivity contribution >= 4 is 12.0 Å². The molecule has 5 nitrogen and oxygen atoms in total. The summed E-state index contributed by atoms with van der Waals surface area (Å²) in [5.41, 5.74) is 0. The van der Waals surface area contributed by atoms with Crippen molar-refractivity contribution in [2.24, 2.45) is 17.8 Å². The Labute approximate surface area is 115 Å². The number of carboxylic acids is 1. The van der Waals surface area contributed by atoms with Gasteiger partial charge in [-0.2, -0.15) is 0 Å². The molecule has 1 fully saturated rings. The summed E-state index contributed by atoms with van der Waals surface area (Å²) in [7, 11) is 0. The topological polar surface area (TPSA) is 78.4 Å². The van der Waals surface area contributed by atoms with Crippen LogP contribution in [0.1, 0.15) is 46.5 Å². The van der Waals surface area contributed by atoms with Crippen LogP contribution in [-0.4, -0.2) is 29.7 Å². The second-order valence-electron chi connectivity index (χ2n) is 5.93. The van der Waals surface area contributed by atoms with Gasteiger partial charge in [-0.1, -0.05) is 33.6 Å². The van der Waals surface area contributed by atoms with Gasteiger partial charge in [0.25, 0.3) is 0 Å². The minimum absolute atomic E-state index is 0.0500. The standard InChI is InChI=1S/C14H26N2O3/c1-9(7-13(17)18)8-15-14(19)16-12-6-4-5-10(2)11(12)3/h9-12H,4-8H2,1-3H3,(H,17,18)(H2,15,16,19). The van der Waals surface area contributed by atoms with Crippen molar-refractivity contribution < 1.29 is 14.7 Å². The first-order valence-electron chi connectivity index (χ1n) is 7.16. The van der Waals surface area contributed by atoms with Crippen LogP contribution in [0.15, 0.2) is 0 Å². The average Bonchev–Trinajstić information content (AvgIpc) is 2.32. The van der Waals surface area contributed by atoms with Crippen LogP contribution in [0, 0.1) is 17.8 Å². The van der Waals surface area contributed by atoms with Crippen LogP contribution in [0.3, 0.4) is 0 Å². The quantitative estimate of drug-likeness (QED) is 0.716. The van der Waals surface area contributed by atoms with Gasteiger partial charge in [0.05, 0.1) is 0 Å². The van der Waals surface area contributed by atoms with Crippen molar-refractivity contribution in [3.63, 3.8) is 0 Å². The van der Waals surface area contributed by atoms with Crippen molar-refractivity contribution in [3.8, 4) is 0 Å². The Hall–Kier alpha value is -1.26. The van der Waals surface area contributed by atoms with E-state index in [4.69, 9.17) is 5.11 Å². The Morgan fingerprint density at radius 2 is 2.00 bits per heavy atom. The van der Waals surface area contributed by atoms with Gasteiger partial charge in [0.15, 0.2) is 0 Å². The molecule has 0 heterocycles. The summed E-state index contributed by atoms with van der Waals surface area (Å²) in [6.45, 7) is 6.63. The van der Waals surface area contributed by atoms with Crippen molar-refractivity contribution in [2.75, 3.05) is 6.54 Å². The van der Waals surface area contributed by atoms with Crippen molar-refractivity contribution in [3.05, 3.63) is 0 Å². The van der Waals surface area contributed by atoms with E-state index in [1.807, 2.05) is 6.92 Å². The highest BCUT2D eigenvalue weighted by atomic mass is 16.4. The van der Waals surface area contributed by atoms with Crippen molar-refractivity contribution in [1.82, 2.24) is 10.6 Å². The van der Waals surface area contributed by atoms with Gasteiger partial charge in [-0.15, -0.1) is 0 Å². The minimum atomic E-state index is -0.829. The lowest BCUT2D eigenvalue weighted by Crippen LogP contribution is -2.48. The van der Waals surface area contributed by atoms with Crippen LogP contribution in [0.25, 0.3) is 0 Å². The lowest BCUT2D eigenvalue weighted by Gasteiger charge is -2.34. The summed E-state index contributed by atoms with van der Waals surface area (Å²) >= 11 is 0. The molecule has 0 bridgehead atoms. The lowest BCUT2D eigenvalue weighted by molar-refractivity contribution is -0.137. The molecule has 1 aliphatic rings. The van der Waals surface area contributed by atoms with E-state index in [1.165, 1.54) is 6.42 Å². The highest BCUT2D eigenvalue weighted by Crippen LogP contribution is 2.29. The molecule has 5 heteroatoms. The second kappa shape index (κ2) is 7.36. The molecule has 0 aromatic heterocycles. The fourth-order valence-electron chi connectivity index (χ4n) is 2.64. The van der Waals surface area contributed by atoms with Crippen molar-refractivity contribution in [1.29, 1.82) is 0 Å². The fourth-order valence-corrected chi connectivity index (χ4v) is 2.64. The van der Waals surface area contributed by atoms with Crippen LogP contribution < -0.4 is 10.6 Å².